The molecule has 1 saturated heterocycles. The number of nitrogens with one attached hydrogen (secondary N) is 1. The van der Waals surface area contributed by atoms with Crippen molar-refractivity contribution in [3.05, 3.63) is 0 Å². The summed E-state index contributed by atoms with van der Waals surface area (Å²) in [4.78, 5) is 6.92. The number of piperidine rings is 1. The topological polar surface area (TPSA) is 62.9 Å². The summed E-state index contributed by atoms with van der Waals surface area (Å²) in [5, 5.41) is 0. The minimum atomic E-state index is 0.643. The summed E-state index contributed by atoms with van der Waals surface area (Å²) in [6, 6.07) is 0.643. The van der Waals surface area contributed by atoms with Crippen molar-refractivity contribution in [1.29, 1.82) is 0 Å². The van der Waals surface area contributed by atoms with Crippen molar-refractivity contribution in [2.75, 3.05) is 26.8 Å². The monoisotopic (exact) mass is 254 g/mol. The van der Waals surface area contributed by atoms with Gasteiger partial charge in [-0.2, -0.15) is 0 Å². The number of hydrogen-bond acceptors (Lipinski definition) is 3. The van der Waals surface area contributed by atoms with Crippen LogP contribution in [0.4, 0.5) is 0 Å². The summed E-state index contributed by atoms with van der Waals surface area (Å²) in [6.07, 6.45) is 8.02. The van der Waals surface area contributed by atoms with Crippen LogP contribution in [0.2, 0.25) is 0 Å². The Morgan fingerprint density at radius 2 is 2.11 bits per heavy atom. The molecule has 0 aromatic rings. The number of methoxy groups -OCH3 is 1. The SMILES string of the molecule is COCCN=C(NN)N1CCC[C@H]2CCCC[C@H]21. The summed E-state index contributed by atoms with van der Waals surface area (Å²) < 4.78 is 5.04. The summed E-state index contributed by atoms with van der Waals surface area (Å²) in [6.45, 7) is 2.40. The normalized spacial score (nSPS) is 29.0. The van der Waals surface area contributed by atoms with Crippen molar-refractivity contribution in [1.82, 2.24) is 10.3 Å². The lowest BCUT2D eigenvalue weighted by atomic mass is 9.78. The van der Waals surface area contributed by atoms with Crippen LogP contribution in [0.25, 0.3) is 0 Å². The van der Waals surface area contributed by atoms with Crippen LogP contribution in [0, 0.1) is 5.92 Å². The fraction of sp³-hybridized carbons (Fsp3) is 0.923. The van der Waals surface area contributed by atoms with Crippen LogP contribution in [-0.2, 0) is 4.74 Å². The molecule has 0 aromatic carbocycles. The maximum Gasteiger partial charge on any atom is 0.208 e. The molecule has 5 heteroatoms. The van der Waals surface area contributed by atoms with Crippen molar-refractivity contribution in [3.63, 3.8) is 0 Å². The summed E-state index contributed by atoms with van der Waals surface area (Å²) in [5.74, 6) is 7.34. The molecule has 1 aliphatic carbocycles. The molecule has 5 nitrogen and oxygen atoms in total. The minimum Gasteiger partial charge on any atom is -0.383 e. The molecule has 0 aromatic heterocycles. The van der Waals surface area contributed by atoms with E-state index in [-0.39, 0.29) is 0 Å². The lowest BCUT2D eigenvalue weighted by molar-refractivity contribution is 0.115. The molecule has 2 atom stereocenters. The number of hydrazine groups is 1. The Hall–Kier alpha value is -0.810. The maximum absolute atomic E-state index is 5.64. The van der Waals surface area contributed by atoms with Crippen molar-refractivity contribution in [3.8, 4) is 0 Å². The Morgan fingerprint density at radius 1 is 1.33 bits per heavy atom. The van der Waals surface area contributed by atoms with E-state index in [1.807, 2.05) is 0 Å². The first-order chi connectivity index (χ1) is 8.86. The quantitative estimate of drug-likeness (QED) is 0.260. The Balaban J connectivity index is 2.01. The smallest absolute Gasteiger partial charge is 0.208 e. The second-order valence-electron chi connectivity index (χ2n) is 5.29. The largest absolute Gasteiger partial charge is 0.383 e. The molecule has 2 aliphatic rings. The van der Waals surface area contributed by atoms with Gasteiger partial charge < -0.3 is 9.64 Å². The molecule has 104 valence electrons. The molecule has 0 unspecified atom stereocenters. The molecule has 2 rings (SSSR count). The highest BCUT2D eigenvalue weighted by Crippen LogP contribution is 2.35. The molecule has 18 heavy (non-hydrogen) atoms. The molecule has 0 spiro atoms. The van der Waals surface area contributed by atoms with Gasteiger partial charge in [0.1, 0.15) is 0 Å². The molecule has 3 N–H and O–H groups in total. The molecule has 1 aliphatic heterocycles. The second kappa shape index (κ2) is 6.95. The lowest BCUT2D eigenvalue weighted by Crippen LogP contribution is -2.55. The van der Waals surface area contributed by atoms with Crippen LogP contribution >= 0.6 is 0 Å². The number of hydrogen-bond donors (Lipinski definition) is 2. The number of guanidine groups is 1. The van der Waals surface area contributed by atoms with Crippen molar-refractivity contribution in [2.45, 2.75) is 44.6 Å². The average Bonchev–Trinajstić information content (AvgIpc) is 2.43. The molecule has 2 fully saturated rings. The zero-order valence-corrected chi connectivity index (χ0v) is 11.4. The fourth-order valence-electron chi connectivity index (χ4n) is 3.35. The first-order valence-electron chi connectivity index (χ1n) is 7.13. The van der Waals surface area contributed by atoms with Crippen molar-refractivity contribution in [2.24, 2.45) is 16.8 Å². The zero-order valence-electron chi connectivity index (χ0n) is 11.4. The highest BCUT2D eigenvalue weighted by atomic mass is 16.5. The lowest BCUT2D eigenvalue weighted by Gasteiger charge is -2.45. The van der Waals surface area contributed by atoms with Crippen molar-refractivity contribution >= 4 is 5.96 Å². The Morgan fingerprint density at radius 3 is 2.89 bits per heavy atom. The van der Waals surface area contributed by atoms with Crippen LogP contribution in [0.1, 0.15) is 38.5 Å². The number of likely N-dealkylation sites (tertiary alicyclic amines) is 1. The number of nitrogens with zero attached hydrogens (tertiary/aromatic N) is 2. The number of ether oxygens (including phenoxy) is 1. The van der Waals surface area contributed by atoms with Gasteiger partial charge >= 0.3 is 0 Å². The third-order valence-electron chi connectivity index (χ3n) is 4.20. The van der Waals surface area contributed by atoms with Gasteiger partial charge in [-0.25, -0.2) is 10.8 Å². The van der Waals surface area contributed by atoms with Gasteiger partial charge in [0.2, 0.25) is 5.96 Å². The number of aliphatic imine (C=N–C) groups is 1. The molecule has 1 saturated carbocycles. The van der Waals surface area contributed by atoms with E-state index in [4.69, 9.17) is 10.6 Å². The molecular formula is C13H26N4O. The third-order valence-corrected chi connectivity index (χ3v) is 4.20. The van der Waals surface area contributed by atoms with Crippen LogP contribution in [0.3, 0.4) is 0 Å². The summed E-state index contributed by atoms with van der Waals surface area (Å²) >= 11 is 0. The zero-order chi connectivity index (χ0) is 12.8. The maximum atomic E-state index is 5.64. The van der Waals surface area contributed by atoms with Gasteiger partial charge in [0, 0.05) is 19.7 Å². The molecule has 0 bridgehead atoms. The Kier molecular flexibility index (Phi) is 5.26. The Labute approximate surface area is 110 Å². The highest BCUT2D eigenvalue weighted by Gasteiger charge is 2.34. The van der Waals surface area contributed by atoms with Crippen LogP contribution in [0.15, 0.2) is 4.99 Å². The number of rotatable bonds is 3. The van der Waals surface area contributed by atoms with E-state index >= 15 is 0 Å². The van der Waals surface area contributed by atoms with Gasteiger partial charge in [0.25, 0.3) is 0 Å². The van der Waals surface area contributed by atoms with Gasteiger partial charge in [0.15, 0.2) is 0 Å². The minimum absolute atomic E-state index is 0.643. The van der Waals surface area contributed by atoms with Gasteiger partial charge in [-0.3, -0.25) is 5.43 Å². The standard InChI is InChI=1S/C13H26N4O/c1-18-10-8-15-13(16-14)17-9-4-6-11-5-2-3-7-12(11)17/h11-12H,2-10,14H2,1H3,(H,15,16)/t11-,12-/m1/s1. The summed E-state index contributed by atoms with van der Waals surface area (Å²) in [5.41, 5.74) is 2.78. The molecule has 0 amide bonds. The van der Waals surface area contributed by atoms with Crippen LogP contribution < -0.4 is 11.3 Å². The predicted octanol–water partition coefficient (Wildman–Crippen LogP) is 1.11. The van der Waals surface area contributed by atoms with Gasteiger partial charge in [-0.05, 0) is 31.6 Å². The van der Waals surface area contributed by atoms with Crippen LogP contribution in [0.5, 0.6) is 0 Å². The highest BCUT2D eigenvalue weighted by molar-refractivity contribution is 5.79. The molecular weight excluding hydrogens is 228 g/mol. The van der Waals surface area contributed by atoms with Gasteiger partial charge in [-0.1, -0.05) is 12.8 Å². The Bertz CT molecular complexity index is 280. The van der Waals surface area contributed by atoms with Crippen molar-refractivity contribution < 1.29 is 4.74 Å². The molecule has 1 heterocycles. The first-order valence-corrected chi connectivity index (χ1v) is 7.13. The average molecular weight is 254 g/mol. The number of nitrogens with two attached hydrogens (primary N) is 1. The van der Waals surface area contributed by atoms with Gasteiger partial charge in [0.05, 0.1) is 13.2 Å². The van der Waals surface area contributed by atoms with E-state index in [1.54, 1.807) is 7.11 Å². The predicted molar refractivity (Wildman–Crippen MR) is 73.2 cm³/mol. The second-order valence-corrected chi connectivity index (χ2v) is 5.29. The third kappa shape index (κ3) is 3.14. The van der Waals surface area contributed by atoms with Crippen LogP contribution in [-0.4, -0.2) is 43.7 Å². The number of fused-ring (bicyclic) bond motifs is 1. The fourth-order valence-corrected chi connectivity index (χ4v) is 3.35. The van der Waals surface area contributed by atoms with Gasteiger partial charge in [-0.15, -0.1) is 0 Å². The van der Waals surface area contributed by atoms with E-state index < -0.39 is 0 Å². The summed E-state index contributed by atoms with van der Waals surface area (Å²) in [7, 11) is 1.70. The van der Waals surface area contributed by atoms with E-state index in [0.717, 1.165) is 18.4 Å². The molecule has 0 radical (unpaired) electrons. The van der Waals surface area contributed by atoms with E-state index in [1.165, 1.54) is 38.5 Å². The van der Waals surface area contributed by atoms with E-state index in [9.17, 15) is 0 Å². The first kappa shape index (κ1) is 13.6. The van der Waals surface area contributed by atoms with E-state index in [0.29, 0.717) is 19.2 Å². The van der Waals surface area contributed by atoms with E-state index in [2.05, 4.69) is 15.3 Å².